The summed E-state index contributed by atoms with van der Waals surface area (Å²) in [5.41, 5.74) is 7.57. The van der Waals surface area contributed by atoms with Crippen LogP contribution in [0.2, 0.25) is 0 Å². The Kier molecular flexibility index (Phi) is 3.37. The van der Waals surface area contributed by atoms with E-state index in [-0.39, 0.29) is 5.82 Å². The molecule has 0 atom stereocenters. The van der Waals surface area contributed by atoms with Crippen LogP contribution in [0.1, 0.15) is 0 Å². The van der Waals surface area contributed by atoms with Crippen LogP contribution in [-0.2, 0) is 0 Å². The zero-order chi connectivity index (χ0) is 13.1. The van der Waals surface area contributed by atoms with Crippen LogP contribution in [0.4, 0.5) is 21.5 Å². The number of hydrogen-bond donors (Lipinski definition) is 1. The average molecular weight is 246 g/mol. The summed E-state index contributed by atoms with van der Waals surface area (Å²) in [5, 5.41) is 0. The first kappa shape index (κ1) is 12.2. The number of methoxy groups -OCH3 is 1. The number of ether oxygens (including phenoxy) is 1. The van der Waals surface area contributed by atoms with E-state index in [9.17, 15) is 4.39 Å². The topological polar surface area (TPSA) is 38.5 Å². The highest BCUT2D eigenvalue weighted by Gasteiger charge is 2.10. The largest absolute Gasteiger partial charge is 0.495 e. The number of rotatable bonds is 3. The Labute approximate surface area is 106 Å². The average Bonchev–Trinajstić information content (AvgIpc) is 2.36. The van der Waals surface area contributed by atoms with E-state index in [4.69, 9.17) is 10.5 Å². The molecule has 0 fully saturated rings. The van der Waals surface area contributed by atoms with Crippen LogP contribution >= 0.6 is 0 Å². The zero-order valence-corrected chi connectivity index (χ0v) is 10.4. The predicted octanol–water partition coefficient (Wildman–Crippen LogP) is 3.18. The van der Waals surface area contributed by atoms with Crippen molar-refractivity contribution in [2.45, 2.75) is 0 Å². The lowest BCUT2D eigenvalue weighted by molar-refractivity contribution is 0.415. The van der Waals surface area contributed by atoms with Crippen molar-refractivity contribution in [1.29, 1.82) is 0 Å². The third kappa shape index (κ3) is 2.37. The summed E-state index contributed by atoms with van der Waals surface area (Å²) < 4.78 is 18.6. The summed E-state index contributed by atoms with van der Waals surface area (Å²) in [6.45, 7) is 0. The number of hydrogen-bond acceptors (Lipinski definition) is 3. The molecule has 0 heterocycles. The van der Waals surface area contributed by atoms with E-state index in [1.807, 2.05) is 36.2 Å². The molecule has 94 valence electrons. The highest BCUT2D eigenvalue weighted by Crippen LogP contribution is 2.33. The van der Waals surface area contributed by atoms with E-state index in [0.717, 1.165) is 11.4 Å². The second-order valence-corrected chi connectivity index (χ2v) is 3.97. The lowest BCUT2D eigenvalue weighted by atomic mass is 10.2. The summed E-state index contributed by atoms with van der Waals surface area (Å²) in [6, 6.07) is 12.0. The summed E-state index contributed by atoms with van der Waals surface area (Å²) >= 11 is 0. The van der Waals surface area contributed by atoms with Gasteiger partial charge in [-0.25, -0.2) is 4.39 Å². The van der Waals surface area contributed by atoms with Crippen LogP contribution in [0.25, 0.3) is 0 Å². The van der Waals surface area contributed by atoms with Gasteiger partial charge in [-0.15, -0.1) is 0 Å². The quantitative estimate of drug-likeness (QED) is 0.845. The lowest BCUT2D eigenvalue weighted by Crippen LogP contribution is -2.11. The molecule has 2 aromatic carbocycles. The molecule has 0 radical (unpaired) electrons. The van der Waals surface area contributed by atoms with Gasteiger partial charge in [0.2, 0.25) is 0 Å². The van der Waals surface area contributed by atoms with Gasteiger partial charge in [-0.3, -0.25) is 0 Å². The van der Waals surface area contributed by atoms with Crippen molar-refractivity contribution in [1.82, 2.24) is 0 Å². The van der Waals surface area contributed by atoms with Gasteiger partial charge in [0.25, 0.3) is 0 Å². The summed E-state index contributed by atoms with van der Waals surface area (Å²) in [7, 11) is 3.44. The molecule has 0 aliphatic carbocycles. The smallest absolute Gasteiger partial charge is 0.142 e. The number of nitrogens with two attached hydrogens (primary N) is 1. The number of benzene rings is 2. The van der Waals surface area contributed by atoms with E-state index in [2.05, 4.69) is 0 Å². The molecule has 3 nitrogen and oxygen atoms in total. The van der Waals surface area contributed by atoms with Gasteiger partial charge < -0.3 is 15.4 Å². The number of para-hydroxylation sites is 2. The van der Waals surface area contributed by atoms with Crippen molar-refractivity contribution >= 4 is 17.1 Å². The minimum atomic E-state index is -0.355. The SMILES string of the molecule is COc1ccccc1N(C)c1cc(N)cc(F)c1. The molecule has 0 spiro atoms. The monoisotopic (exact) mass is 246 g/mol. The minimum Gasteiger partial charge on any atom is -0.495 e. The van der Waals surface area contributed by atoms with Gasteiger partial charge in [-0.1, -0.05) is 12.1 Å². The third-order valence-electron chi connectivity index (χ3n) is 2.74. The predicted molar refractivity (Wildman–Crippen MR) is 71.9 cm³/mol. The standard InChI is InChI=1S/C14H15FN2O/c1-17(12-8-10(15)7-11(16)9-12)13-5-3-4-6-14(13)18-2/h3-9H,16H2,1-2H3. The fourth-order valence-corrected chi connectivity index (χ4v) is 1.84. The highest BCUT2D eigenvalue weighted by molar-refractivity contribution is 5.70. The summed E-state index contributed by atoms with van der Waals surface area (Å²) in [4.78, 5) is 1.83. The van der Waals surface area contributed by atoms with Crippen molar-refractivity contribution in [2.75, 3.05) is 24.8 Å². The lowest BCUT2D eigenvalue weighted by Gasteiger charge is -2.22. The molecular weight excluding hydrogens is 231 g/mol. The molecular formula is C14H15FN2O. The van der Waals surface area contributed by atoms with Crippen LogP contribution < -0.4 is 15.4 Å². The Morgan fingerprint density at radius 3 is 2.56 bits per heavy atom. The van der Waals surface area contributed by atoms with E-state index in [1.165, 1.54) is 12.1 Å². The maximum atomic E-state index is 13.3. The molecule has 0 aliphatic rings. The van der Waals surface area contributed by atoms with Crippen molar-refractivity contribution in [3.63, 3.8) is 0 Å². The van der Waals surface area contributed by atoms with Gasteiger partial charge in [-0.2, -0.15) is 0 Å². The van der Waals surface area contributed by atoms with E-state index in [0.29, 0.717) is 11.4 Å². The molecule has 4 heteroatoms. The normalized spacial score (nSPS) is 10.2. The fraction of sp³-hybridized carbons (Fsp3) is 0.143. The van der Waals surface area contributed by atoms with E-state index < -0.39 is 0 Å². The summed E-state index contributed by atoms with van der Waals surface area (Å²) in [6.07, 6.45) is 0. The van der Waals surface area contributed by atoms with Crippen LogP contribution in [0.3, 0.4) is 0 Å². The van der Waals surface area contributed by atoms with Gasteiger partial charge in [-0.05, 0) is 30.3 Å². The number of nitrogens with zero attached hydrogens (tertiary/aromatic N) is 1. The summed E-state index contributed by atoms with van der Waals surface area (Å²) in [5.74, 6) is 0.370. The van der Waals surface area contributed by atoms with Gasteiger partial charge in [0, 0.05) is 18.4 Å². The van der Waals surface area contributed by atoms with Crippen LogP contribution in [0.5, 0.6) is 5.75 Å². The molecule has 2 rings (SSSR count). The van der Waals surface area contributed by atoms with Crippen LogP contribution in [0, 0.1) is 5.82 Å². The van der Waals surface area contributed by atoms with Crippen molar-refractivity contribution in [3.8, 4) is 5.75 Å². The third-order valence-corrected chi connectivity index (χ3v) is 2.74. The molecule has 0 aromatic heterocycles. The molecule has 2 N–H and O–H groups in total. The van der Waals surface area contributed by atoms with Gasteiger partial charge in [0.1, 0.15) is 11.6 Å². The molecule has 0 bridgehead atoms. The molecule has 2 aromatic rings. The second kappa shape index (κ2) is 4.96. The Balaban J connectivity index is 2.44. The van der Waals surface area contributed by atoms with Crippen molar-refractivity contribution in [3.05, 3.63) is 48.3 Å². The molecule has 18 heavy (non-hydrogen) atoms. The first-order chi connectivity index (χ1) is 8.61. The second-order valence-electron chi connectivity index (χ2n) is 3.97. The van der Waals surface area contributed by atoms with Crippen molar-refractivity contribution < 1.29 is 9.13 Å². The van der Waals surface area contributed by atoms with Gasteiger partial charge >= 0.3 is 0 Å². The first-order valence-corrected chi connectivity index (χ1v) is 5.54. The number of nitrogen functional groups attached to an aromatic ring is 1. The van der Waals surface area contributed by atoms with Gasteiger partial charge in [0.15, 0.2) is 0 Å². The maximum Gasteiger partial charge on any atom is 0.142 e. The Bertz CT molecular complexity index is 537. The molecule has 0 aliphatic heterocycles. The first-order valence-electron chi connectivity index (χ1n) is 5.54. The Hall–Kier alpha value is -2.23. The fourth-order valence-electron chi connectivity index (χ4n) is 1.84. The van der Waals surface area contributed by atoms with Crippen molar-refractivity contribution in [2.24, 2.45) is 0 Å². The van der Waals surface area contributed by atoms with E-state index >= 15 is 0 Å². The number of halogens is 1. The highest BCUT2D eigenvalue weighted by atomic mass is 19.1. The van der Waals surface area contributed by atoms with E-state index in [1.54, 1.807) is 13.2 Å². The molecule has 0 saturated heterocycles. The van der Waals surface area contributed by atoms with Crippen LogP contribution in [-0.4, -0.2) is 14.2 Å². The molecule has 0 amide bonds. The zero-order valence-electron chi connectivity index (χ0n) is 10.4. The Morgan fingerprint density at radius 1 is 1.17 bits per heavy atom. The van der Waals surface area contributed by atoms with Crippen LogP contribution in [0.15, 0.2) is 42.5 Å². The Morgan fingerprint density at radius 2 is 1.89 bits per heavy atom. The molecule has 0 saturated carbocycles. The maximum absolute atomic E-state index is 13.3. The van der Waals surface area contributed by atoms with Gasteiger partial charge in [0.05, 0.1) is 12.8 Å². The number of anilines is 3. The molecule has 0 unspecified atom stereocenters. The minimum absolute atomic E-state index is 0.355.